The average molecular weight is 418 g/mol. The number of carbonyl (C=O) groups is 3. The van der Waals surface area contributed by atoms with Gasteiger partial charge in [-0.25, -0.2) is 14.4 Å². The van der Waals surface area contributed by atoms with Crippen LogP contribution in [0.15, 0.2) is 45.7 Å². The van der Waals surface area contributed by atoms with Crippen molar-refractivity contribution in [2.75, 3.05) is 0 Å². The number of carbonyl (C=O) groups excluding carboxylic acids is 3. The molecule has 0 unspecified atom stereocenters. The maximum absolute atomic E-state index is 12.6. The van der Waals surface area contributed by atoms with E-state index in [9.17, 15) is 22.8 Å². The molecule has 0 saturated heterocycles. The van der Waals surface area contributed by atoms with Gasteiger partial charge in [-0.2, -0.15) is 8.42 Å². The number of benzene rings is 2. The van der Waals surface area contributed by atoms with Gasteiger partial charge in [0.15, 0.2) is 11.2 Å². The van der Waals surface area contributed by atoms with Crippen molar-refractivity contribution in [1.29, 1.82) is 0 Å². The first-order valence-corrected chi connectivity index (χ1v) is 9.33. The van der Waals surface area contributed by atoms with E-state index in [0.717, 1.165) is 24.3 Å². The van der Waals surface area contributed by atoms with Gasteiger partial charge < -0.3 is 18.6 Å². The van der Waals surface area contributed by atoms with E-state index >= 15 is 0 Å². The summed E-state index contributed by atoms with van der Waals surface area (Å²) in [5.74, 6) is -3.12. The van der Waals surface area contributed by atoms with Crippen LogP contribution in [0.1, 0.15) is 27.6 Å². The summed E-state index contributed by atoms with van der Waals surface area (Å²) in [6.45, 7) is 4.85. The van der Waals surface area contributed by atoms with Crippen molar-refractivity contribution in [2.45, 2.75) is 11.8 Å². The number of esters is 3. The molecule has 0 aliphatic carbocycles. The maximum atomic E-state index is 12.6. The first kappa shape index (κ1) is 18.7. The molecule has 2 bridgehead atoms. The predicted molar refractivity (Wildman–Crippen MR) is 94.0 cm³/mol. The average Bonchev–Trinajstić information content (AvgIpc) is 3.24. The van der Waals surface area contributed by atoms with Crippen molar-refractivity contribution in [3.8, 4) is 17.2 Å². The molecule has 1 aliphatic rings. The summed E-state index contributed by atoms with van der Waals surface area (Å²) < 4.78 is 51.8. The molecule has 0 fully saturated rings. The molecule has 0 spiro atoms. The Bertz CT molecular complexity index is 1310. The molecular formula is C18H10O10S. The summed E-state index contributed by atoms with van der Waals surface area (Å²) in [6.07, 6.45) is 0. The Morgan fingerprint density at radius 3 is 2.34 bits per heavy atom. The standard InChI is InChI=1S/C18H10O10S/c1-7(2)16(19)27-14-12-10(11-13(26-12)15(14)28-18(11)21)17(20)25-8-3-5-9(6-4-8)29(22,23)24/h3-6H,1H2,2H3,(H,22,23,24). The largest absolute Gasteiger partial charge is 0.447 e. The van der Waals surface area contributed by atoms with E-state index in [0.29, 0.717) is 0 Å². The third kappa shape index (κ3) is 2.92. The second kappa shape index (κ2) is 6.15. The summed E-state index contributed by atoms with van der Waals surface area (Å²) in [6, 6.07) is 4.32. The lowest BCUT2D eigenvalue weighted by Gasteiger charge is -2.06. The zero-order valence-electron chi connectivity index (χ0n) is 14.5. The highest BCUT2D eigenvalue weighted by Gasteiger charge is 2.44. The maximum Gasteiger partial charge on any atom is 0.348 e. The second-order valence-corrected chi connectivity index (χ2v) is 7.49. The van der Waals surface area contributed by atoms with Gasteiger partial charge in [0.25, 0.3) is 10.1 Å². The molecule has 1 aromatic carbocycles. The van der Waals surface area contributed by atoms with Crippen LogP contribution in [0.25, 0.3) is 11.2 Å². The van der Waals surface area contributed by atoms with E-state index in [4.69, 9.17) is 23.2 Å². The molecular weight excluding hydrogens is 408 g/mol. The van der Waals surface area contributed by atoms with Crippen LogP contribution in [0.4, 0.5) is 0 Å². The fourth-order valence-corrected chi connectivity index (χ4v) is 3.17. The fraction of sp³-hybridized carbons (Fsp3) is 0.0556. The molecule has 0 atom stereocenters. The van der Waals surface area contributed by atoms with Crippen LogP contribution in [0.2, 0.25) is 0 Å². The van der Waals surface area contributed by atoms with Crippen LogP contribution in [0, 0.1) is 0 Å². The number of fused-ring (bicyclic) bond motifs is 1. The van der Waals surface area contributed by atoms with Crippen LogP contribution >= 0.6 is 0 Å². The predicted octanol–water partition coefficient (Wildman–Crippen LogP) is 2.35. The first-order chi connectivity index (χ1) is 13.6. The molecule has 11 heteroatoms. The minimum Gasteiger partial charge on any atom is -0.447 e. The minimum atomic E-state index is -4.41. The molecule has 3 aromatic rings. The van der Waals surface area contributed by atoms with Gasteiger partial charge in [0.05, 0.1) is 4.90 Å². The Hall–Kier alpha value is -3.70. The summed E-state index contributed by atoms with van der Waals surface area (Å²) in [5, 5.41) is 0. The van der Waals surface area contributed by atoms with Crippen molar-refractivity contribution in [1.82, 2.24) is 0 Å². The topological polar surface area (TPSA) is 146 Å². The van der Waals surface area contributed by atoms with Gasteiger partial charge in [0.2, 0.25) is 11.5 Å². The summed E-state index contributed by atoms with van der Waals surface area (Å²) in [5.41, 5.74) is -0.643. The number of ether oxygens (including phenoxy) is 3. The van der Waals surface area contributed by atoms with Crippen molar-refractivity contribution < 1.29 is 46.0 Å². The van der Waals surface area contributed by atoms with E-state index in [1.165, 1.54) is 6.92 Å². The number of hydrogen-bond donors (Lipinski definition) is 1. The van der Waals surface area contributed by atoms with E-state index in [1.807, 2.05) is 0 Å². The highest BCUT2D eigenvalue weighted by molar-refractivity contribution is 7.85. The van der Waals surface area contributed by atoms with E-state index in [2.05, 4.69) is 6.58 Å². The molecule has 148 valence electrons. The molecule has 3 heterocycles. The van der Waals surface area contributed by atoms with Crippen molar-refractivity contribution >= 4 is 39.2 Å². The monoisotopic (exact) mass is 418 g/mol. The Balaban J connectivity index is 1.69. The van der Waals surface area contributed by atoms with Gasteiger partial charge in [0, 0.05) is 5.57 Å². The van der Waals surface area contributed by atoms with Crippen LogP contribution in [-0.2, 0) is 14.9 Å². The zero-order valence-corrected chi connectivity index (χ0v) is 15.4. The summed E-state index contributed by atoms with van der Waals surface area (Å²) >= 11 is 0. The molecule has 2 aromatic heterocycles. The third-order valence-corrected chi connectivity index (χ3v) is 4.87. The van der Waals surface area contributed by atoms with Crippen LogP contribution in [0.5, 0.6) is 17.2 Å². The van der Waals surface area contributed by atoms with Gasteiger partial charge in [-0.1, -0.05) is 6.58 Å². The zero-order chi connectivity index (χ0) is 21.1. The molecule has 0 amide bonds. The first-order valence-electron chi connectivity index (χ1n) is 7.89. The van der Waals surface area contributed by atoms with Crippen LogP contribution in [-0.4, -0.2) is 30.9 Å². The highest BCUT2D eigenvalue weighted by Crippen LogP contribution is 2.52. The Labute approximate surface area is 162 Å². The molecule has 29 heavy (non-hydrogen) atoms. The summed E-state index contributed by atoms with van der Waals surface area (Å²) in [7, 11) is -4.41. The van der Waals surface area contributed by atoms with Crippen molar-refractivity contribution in [3.63, 3.8) is 0 Å². The third-order valence-electron chi connectivity index (χ3n) is 4.01. The quantitative estimate of drug-likeness (QED) is 0.283. The molecule has 1 aliphatic heterocycles. The fourth-order valence-electron chi connectivity index (χ4n) is 2.69. The lowest BCUT2D eigenvalue weighted by molar-refractivity contribution is -0.130. The number of rotatable bonds is 5. The van der Waals surface area contributed by atoms with Crippen LogP contribution < -0.4 is 14.2 Å². The van der Waals surface area contributed by atoms with E-state index in [-0.39, 0.29) is 45.1 Å². The minimum absolute atomic E-state index is 0.0526. The molecule has 1 N–H and O–H groups in total. The SMILES string of the molecule is C=C(C)C(=O)Oc1c2c3oc1c(C(=O)Oc1ccc(S(=O)(=O)O)cc1)c3C(=O)O2. The number of furan rings is 2. The Morgan fingerprint density at radius 2 is 1.76 bits per heavy atom. The van der Waals surface area contributed by atoms with E-state index in [1.54, 1.807) is 0 Å². The van der Waals surface area contributed by atoms with Gasteiger partial charge in [-0.05, 0) is 31.2 Å². The van der Waals surface area contributed by atoms with Crippen LogP contribution in [0.3, 0.4) is 0 Å². The summed E-state index contributed by atoms with van der Waals surface area (Å²) in [4.78, 5) is 36.2. The lowest BCUT2D eigenvalue weighted by Crippen LogP contribution is -2.13. The van der Waals surface area contributed by atoms with Crippen molar-refractivity contribution in [2.24, 2.45) is 0 Å². The van der Waals surface area contributed by atoms with Gasteiger partial charge >= 0.3 is 17.9 Å². The smallest absolute Gasteiger partial charge is 0.348 e. The molecule has 4 rings (SSSR count). The van der Waals surface area contributed by atoms with Gasteiger partial charge in [-0.15, -0.1) is 0 Å². The normalized spacial score (nSPS) is 12.8. The molecule has 10 nitrogen and oxygen atoms in total. The highest BCUT2D eigenvalue weighted by atomic mass is 32.2. The van der Waals surface area contributed by atoms with Crippen molar-refractivity contribution in [3.05, 3.63) is 47.5 Å². The second-order valence-electron chi connectivity index (χ2n) is 6.06. The lowest BCUT2D eigenvalue weighted by atomic mass is 10.1. The van der Waals surface area contributed by atoms with Gasteiger partial charge in [0.1, 0.15) is 16.9 Å². The van der Waals surface area contributed by atoms with Gasteiger partial charge in [-0.3, -0.25) is 4.55 Å². The Morgan fingerprint density at radius 1 is 1.10 bits per heavy atom. The van der Waals surface area contributed by atoms with E-state index < -0.39 is 32.9 Å². The molecule has 0 saturated carbocycles. The molecule has 0 radical (unpaired) electrons. The Kier molecular flexibility index (Phi) is 3.96. The number of hydrogen-bond acceptors (Lipinski definition) is 9.